The van der Waals surface area contributed by atoms with Crippen LogP contribution in [0.4, 0.5) is 5.69 Å². The normalized spacial score (nSPS) is 30.5. The number of fused-ring (bicyclic) bond motifs is 3. The first-order chi connectivity index (χ1) is 6.45. The minimum Gasteiger partial charge on any atom is -0.380 e. The van der Waals surface area contributed by atoms with E-state index >= 15 is 0 Å². The molecule has 0 amide bonds. The quantitative estimate of drug-likeness (QED) is 0.627. The Bertz CT molecular complexity index is 322. The molecule has 13 heavy (non-hydrogen) atoms. The molecule has 0 saturated carbocycles. The van der Waals surface area contributed by atoms with Crippen molar-refractivity contribution in [2.45, 2.75) is 24.9 Å². The summed E-state index contributed by atoms with van der Waals surface area (Å²) < 4.78 is 0. The highest BCUT2D eigenvalue weighted by Gasteiger charge is 2.32. The van der Waals surface area contributed by atoms with Gasteiger partial charge >= 0.3 is 0 Å². The number of piperidine rings is 1. The largest absolute Gasteiger partial charge is 0.380 e. The van der Waals surface area contributed by atoms with Gasteiger partial charge in [-0.3, -0.25) is 0 Å². The van der Waals surface area contributed by atoms with Gasteiger partial charge in [0.25, 0.3) is 0 Å². The highest BCUT2D eigenvalue weighted by Crippen LogP contribution is 2.37. The van der Waals surface area contributed by atoms with Gasteiger partial charge in [-0.15, -0.1) is 0 Å². The third kappa shape index (κ3) is 1.05. The summed E-state index contributed by atoms with van der Waals surface area (Å²) >= 11 is 0. The molecule has 2 aliphatic rings. The van der Waals surface area contributed by atoms with E-state index < -0.39 is 0 Å². The van der Waals surface area contributed by atoms with Crippen molar-refractivity contribution in [3.05, 3.63) is 29.8 Å². The molecule has 1 saturated heterocycles. The van der Waals surface area contributed by atoms with Crippen molar-refractivity contribution in [2.24, 2.45) is 0 Å². The zero-order chi connectivity index (χ0) is 8.67. The Balaban J connectivity index is 2.01. The third-order valence-electron chi connectivity index (χ3n) is 3.10. The maximum absolute atomic E-state index is 3.57. The number of rotatable bonds is 0. The fourth-order valence-corrected chi connectivity index (χ4v) is 2.47. The molecule has 1 aromatic rings. The lowest BCUT2D eigenvalue weighted by Gasteiger charge is -2.26. The summed E-state index contributed by atoms with van der Waals surface area (Å²) in [5.74, 6) is 0. The van der Waals surface area contributed by atoms with Gasteiger partial charge in [-0.05, 0) is 31.0 Å². The van der Waals surface area contributed by atoms with Crippen LogP contribution in [0.25, 0.3) is 0 Å². The van der Waals surface area contributed by atoms with Crippen molar-refractivity contribution in [1.82, 2.24) is 5.32 Å². The molecule has 1 fully saturated rings. The highest BCUT2D eigenvalue weighted by atomic mass is 15.1. The molecule has 2 N–H and O–H groups in total. The van der Waals surface area contributed by atoms with Crippen molar-refractivity contribution in [3.8, 4) is 0 Å². The van der Waals surface area contributed by atoms with Crippen LogP contribution in [0.2, 0.25) is 0 Å². The molecule has 0 aromatic heterocycles. The number of hydrogen-bond acceptors (Lipinski definition) is 2. The van der Waals surface area contributed by atoms with Crippen LogP contribution in [0.5, 0.6) is 0 Å². The topological polar surface area (TPSA) is 24.1 Å². The van der Waals surface area contributed by atoms with Crippen LogP contribution in [0.3, 0.4) is 0 Å². The summed E-state index contributed by atoms with van der Waals surface area (Å²) in [6.45, 7) is 1.16. The third-order valence-corrected chi connectivity index (χ3v) is 3.10. The molecule has 2 atom stereocenters. The Hall–Kier alpha value is -1.02. The maximum atomic E-state index is 3.57. The minimum absolute atomic E-state index is 0.560. The van der Waals surface area contributed by atoms with Gasteiger partial charge in [0.05, 0.1) is 6.04 Å². The Morgan fingerprint density at radius 3 is 3.15 bits per heavy atom. The lowest BCUT2D eigenvalue weighted by Crippen LogP contribution is -2.37. The molecule has 2 heterocycles. The average Bonchev–Trinajstić information content (AvgIpc) is 2.56. The van der Waals surface area contributed by atoms with E-state index in [1.54, 1.807) is 0 Å². The fourth-order valence-electron chi connectivity index (χ4n) is 2.47. The van der Waals surface area contributed by atoms with E-state index in [1.807, 2.05) is 0 Å². The summed E-state index contributed by atoms with van der Waals surface area (Å²) in [6.07, 6.45) is 2.59. The lowest BCUT2D eigenvalue weighted by molar-refractivity contribution is 0.393. The SMILES string of the molecule is c1ccc2c(c1)NC1CCCNC21. The zero-order valence-corrected chi connectivity index (χ0v) is 7.59. The van der Waals surface area contributed by atoms with Crippen molar-refractivity contribution < 1.29 is 0 Å². The predicted octanol–water partition coefficient (Wildman–Crippen LogP) is 1.91. The average molecular weight is 174 g/mol. The Labute approximate surface area is 78.3 Å². The second-order valence-corrected chi connectivity index (χ2v) is 3.91. The Morgan fingerprint density at radius 1 is 1.23 bits per heavy atom. The molecule has 2 unspecified atom stereocenters. The molecule has 0 radical (unpaired) electrons. The number of anilines is 1. The molecular formula is C11H14N2. The van der Waals surface area contributed by atoms with Gasteiger partial charge in [-0.2, -0.15) is 0 Å². The van der Waals surface area contributed by atoms with E-state index in [0.717, 1.165) is 6.54 Å². The van der Waals surface area contributed by atoms with E-state index in [4.69, 9.17) is 0 Å². The van der Waals surface area contributed by atoms with Crippen LogP contribution in [-0.2, 0) is 0 Å². The minimum atomic E-state index is 0.560. The summed E-state index contributed by atoms with van der Waals surface area (Å²) in [7, 11) is 0. The second kappa shape index (κ2) is 2.74. The first kappa shape index (κ1) is 7.39. The summed E-state index contributed by atoms with van der Waals surface area (Å²) in [5.41, 5.74) is 2.78. The molecule has 0 bridgehead atoms. The van der Waals surface area contributed by atoms with E-state index in [2.05, 4.69) is 34.9 Å². The van der Waals surface area contributed by atoms with Gasteiger partial charge in [-0.25, -0.2) is 0 Å². The van der Waals surface area contributed by atoms with Crippen molar-refractivity contribution >= 4 is 5.69 Å². The smallest absolute Gasteiger partial charge is 0.0545 e. The van der Waals surface area contributed by atoms with E-state index in [-0.39, 0.29) is 0 Å². The number of hydrogen-bond donors (Lipinski definition) is 2. The van der Waals surface area contributed by atoms with Crippen LogP contribution >= 0.6 is 0 Å². The lowest BCUT2D eigenvalue weighted by atomic mass is 9.96. The molecule has 3 rings (SSSR count). The van der Waals surface area contributed by atoms with Crippen LogP contribution in [0.1, 0.15) is 24.4 Å². The second-order valence-electron chi connectivity index (χ2n) is 3.91. The van der Waals surface area contributed by atoms with Crippen molar-refractivity contribution in [1.29, 1.82) is 0 Å². The van der Waals surface area contributed by atoms with Crippen molar-refractivity contribution in [3.63, 3.8) is 0 Å². The number of para-hydroxylation sites is 1. The first-order valence-corrected chi connectivity index (χ1v) is 5.04. The van der Waals surface area contributed by atoms with Crippen molar-refractivity contribution in [2.75, 3.05) is 11.9 Å². The molecule has 0 aliphatic carbocycles. The summed E-state index contributed by atoms with van der Waals surface area (Å²) in [5, 5.41) is 7.15. The monoisotopic (exact) mass is 174 g/mol. The maximum Gasteiger partial charge on any atom is 0.0545 e. The van der Waals surface area contributed by atoms with E-state index in [1.165, 1.54) is 24.1 Å². The molecule has 2 heteroatoms. The number of nitrogens with one attached hydrogen (secondary N) is 2. The van der Waals surface area contributed by atoms with Gasteiger partial charge in [0, 0.05) is 11.7 Å². The fraction of sp³-hybridized carbons (Fsp3) is 0.455. The summed E-state index contributed by atoms with van der Waals surface area (Å²) in [6, 6.07) is 9.82. The van der Waals surface area contributed by atoms with Gasteiger partial charge in [0.1, 0.15) is 0 Å². The van der Waals surface area contributed by atoms with Crippen LogP contribution in [0.15, 0.2) is 24.3 Å². The molecule has 0 spiro atoms. The van der Waals surface area contributed by atoms with Gasteiger partial charge in [-0.1, -0.05) is 18.2 Å². The van der Waals surface area contributed by atoms with Gasteiger partial charge in [0.15, 0.2) is 0 Å². The molecule has 68 valence electrons. The van der Waals surface area contributed by atoms with E-state index in [0.29, 0.717) is 12.1 Å². The Kier molecular flexibility index (Phi) is 1.56. The zero-order valence-electron chi connectivity index (χ0n) is 7.59. The molecule has 2 aliphatic heterocycles. The first-order valence-electron chi connectivity index (χ1n) is 5.04. The van der Waals surface area contributed by atoms with E-state index in [9.17, 15) is 0 Å². The molecular weight excluding hydrogens is 160 g/mol. The molecule has 2 nitrogen and oxygen atoms in total. The standard InChI is InChI=1S/C11H14N2/c1-2-5-9-8(4-1)11-10(13-9)6-3-7-12-11/h1-2,4-5,10-13H,3,6-7H2. The predicted molar refractivity (Wildman–Crippen MR) is 53.8 cm³/mol. The van der Waals surface area contributed by atoms with Crippen LogP contribution < -0.4 is 10.6 Å². The van der Waals surface area contributed by atoms with Crippen LogP contribution in [0, 0.1) is 0 Å². The van der Waals surface area contributed by atoms with Gasteiger partial charge < -0.3 is 10.6 Å². The number of benzene rings is 1. The molecule has 1 aromatic carbocycles. The highest BCUT2D eigenvalue weighted by molar-refractivity contribution is 5.59. The Morgan fingerprint density at radius 2 is 2.15 bits per heavy atom. The van der Waals surface area contributed by atoms with Crippen LogP contribution in [-0.4, -0.2) is 12.6 Å². The van der Waals surface area contributed by atoms with Gasteiger partial charge in [0.2, 0.25) is 0 Å². The summed E-state index contributed by atoms with van der Waals surface area (Å²) in [4.78, 5) is 0.